The van der Waals surface area contributed by atoms with Crippen LogP contribution in [0.15, 0.2) is 53.0 Å². The molecule has 0 bridgehead atoms. The first-order valence-electron chi connectivity index (χ1n) is 7.75. The smallest absolute Gasteiger partial charge is 0.257 e. The van der Waals surface area contributed by atoms with Gasteiger partial charge in [0.05, 0.1) is 31.7 Å². The number of carbonyl (C=O) groups is 1. The highest BCUT2D eigenvalue weighted by Gasteiger charge is 2.25. The molecule has 1 aliphatic heterocycles. The Bertz CT molecular complexity index is 682. The third-order valence-corrected chi connectivity index (χ3v) is 4.76. The Morgan fingerprint density at radius 2 is 1.74 bits per heavy atom. The van der Waals surface area contributed by atoms with Crippen LogP contribution in [0.4, 0.5) is 4.39 Å². The topological polar surface area (TPSA) is 24.8 Å². The molecule has 1 fully saturated rings. The van der Waals surface area contributed by atoms with E-state index in [0.29, 0.717) is 13.1 Å². The Labute approximate surface area is 143 Å². The fourth-order valence-electron chi connectivity index (χ4n) is 2.90. The van der Waals surface area contributed by atoms with Crippen molar-refractivity contribution in [3.05, 3.63) is 69.9 Å². The molecule has 5 heteroatoms. The molecule has 1 amide bonds. The molecule has 0 unspecified atom stereocenters. The molecule has 0 spiro atoms. The third kappa shape index (κ3) is 3.98. The van der Waals surface area contributed by atoms with Crippen LogP contribution in [0.25, 0.3) is 0 Å². The molecule has 3 nitrogen and oxygen atoms in total. The number of hydrogen-bond acceptors (Lipinski definition) is 1. The molecule has 1 aliphatic rings. The van der Waals surface area contributed by atoms with Gasteiger partial charge in [0, 0.05) is 10.0 Å². The van der Waals surface area contributed by atoms with Crippen molar-refractivity contribution in [3.8, 4) is 0 Å². The molecular weight excluding hydrogens is 359 g/mol. The molecule has 1 saturated heterocycles. The molecule has 0 aromatic heterocycles. The van der Waals surface area contributed by atoms with Crippen molar-refractivity contribution in [2.24, 2.45) is 0 Å². The molecule has 1 N–H and O–H groups in total. The Balaban J connectivity index is 1.57. The fraction of sp³-hybridized carbons (Fsp3) is 0.278. The van der Waals surface area contributed by atoms with Gasteiger partial charge in [-0.05, 0) is 24.3 Å². The second-order valence-electron chi connectivity index (χ2n) is 5.83. The minimum atomic E-state index is -0.442. The second kappa shape index (κ2) is 7.23. The summed E-state index contributed by atoms with van der Waals surface area (Å²) in [5.41, 5.74) is 1.46. The largest absolute Gasteiger partial charge is 0.328 e. The number of amides is 1. The number of rotatable bonds is 3. The van der Waals surface area contributed by atoms with Crippen LogP contribution in [0.5, 0.6) is 0 Å². The summed E-state index contributed by atoms with van der Waals surface area (Å²) in [7, 11) is 0. The van der Waals surface area contributed by atoms with Crippen LogP contribution in [0.1, 0.15) is 15.9 Å². The maximum atomic E-state index is 13.7. The molecule has 120 valence electrons. The van der Waals surface area contributed by atoms with E-state index < -0.39 is 5.82 Å². The van der Waals surface area contributed by atoms with Gasteiger partial charge in [-0.1, -0.05) is 40.2 Å². The lowest BCUT2D eigenvalue weighted by Crippen LogP contribution is -3.13. The van der Waals surface area contributed by atoms with E-state index in [1.807, 2.05) is 12.1 Å². The molecule has 23 heavy (non-hydrogen) atoms. The number of quaternary nitrogens is 1. The summed E-state index contributed by atoms with van der Waals surface area (Å²) in [6.07, 6.45) is 0. The van der Waals surface area contributed by atoms with Gasteiger partial charge >= 0.3 is 0 Å². The first-order chi connectivity index (χ1) is 11.1. The summed E-state index contributed by atoms with van der Waals surface area (Å²) in [4.78, 5) is 15.6. The van der Waals surface area contributed by atoms with Crippen LogP contribution >= 0.6 is 15.9 Å². The predicted molar refractivity (Wildman–Crippen MR) is 90.8 cm³/mol. The summed E-state index contributed by atoms with van der Waals surface area (Å²) in [5.74, 6) is -0.645. The van der Waals surface area contributed by atoms with Crippen molar-refractivity contribution in [2.75, 3.05) is 26.2 Å². The van der Waals surface area contributed by atoms with Crippen molar-refractivity contribution in [2.45, 2.75) is 6.54 Å². The van der Waals surface area contributed by atoms with E-state index in [1.54, 1.807) is 23.1 Å². The van der Waals surface area contributed by atoms with Crippen LogP contribution in [0.2, 0.25) is 0 Å². The van der Waals surface area contributed by atoms with E-state index in [1.165, 1.54) is 16.5 Å². The number of piperazine rings is 1. The Kier molecular flexibility index (Phi) is 5.08. The number of nitrogens with one attached hydrogen (secondary N) is 1. The maximum absolute atomic E-state index is 13.7. The molecule has 2 aromatic carbocycles. The molecule has 0 saturated carbocycles. The molecule has 0 aliphatic carbocycles. The number of carbonyl (C=O) groups excluding carboxylic acids is 1. The van der Waals surface area contributed by atoms with Gasteiger partial charge in [0.1, 0.15) is 12.4 Å². The zero-order valence-electron chi connectivity index (χ0n) is 12.8. The molecular formula is C18H19BrFN2O+. The Morgan fingerprint density at radius 3 is 2.39 bits per heavy atom. The molecule has 2 aromatic rings. The standard InChI is InChI=1S/C18H18BrFN2O/c19-15-7-5-14(6-8-15)13-21-9-11-22(12-10-21)18(23)16-3-1-2-4-17(16)20/h1-8H,9-13H2/p+1. The molecule has 3 rings (SSSR count). The molecule has 0 radical (unpaired) electrons. The summed E-state index contributed by atoms with van der Waals surface area (Å²) in [6.45, 7) is 4.06. The number of benzene rings is 2. The van der Waals surface area contributed by atoms with Crippen LogP contribution in [-0.2, 0) is 6.54 Å². The van der Waals surface area contributed by atoms with Gasteiger partial charge in [-0.3, -0.25) is 4.79 Å². The highest BCUT2D eigenvalue weighted by atomic mass is 79.9. The average Bonchev–Trinajstić information content (AvgIpc) is 2.57. The van der Waals surface area contributed by atoms with Gasteiger partial charge in [0.15, 0.2) is 0 Å². The van der Waals surface area contributed by atoms with Gasteiger partial charge in [0.2, 0.25) is 0 Å². The lowest BCUT2D eigenvalue weighted by Gasteiger charge is -2.32. The van der Waals surface area contributed by atoms with E-state index in [-0.39, 0.29) is 11.5 Å². The van der Waals surface area contributed by atoms with Gasteiger partial charge in [-0.15, -0.1) is 0 Å². The highest BCUT2D eigenvalue weighted by Crippen LogP contribution is 2.11. The van der Waals surface area contributed by atoms with E-state index in [2.05, 4.69) is 28.1 Å². The minimum Gasteiger partial charge on any atom is -0.328 e. The Hall–Kier alpha value is -1.72. The second-order valence-corrected chi connectivity index (χ2v) is 6.74. The summed E-state index contributed by atoms with van der Waals surface area (Å²) in [6, 6.07) is 14.5. The Morgan fingerprint density at radius 1 is 1.09 bits per heavy atom. The predicted octanol–water partition coefficient (Wildman–Crippen LogP) is 2.13. The van der Waals surface area contributed by atoms with Crippen LogP contribution < -0.4 is 4.90 Å². The van der Waals surface area contributed by atoms with Gasteiger partial charge in [-0.2, -0.15) is 0 Å². The van der Waals surface area contributed by atoms with Crippen LogP contribution in [-0.4, -0.2) is 37.0 Å². The summed E-state index contributed by atoms with van der Waals surface area (Å²) >= 11 is 3.44. The zero-order chi connectivity index (χ0) is 16.2. The lowest BCUT2D eigenvalue weighted by molar-refractivity contribution is -0.917. The van der Waals surface area contributed by atoms with Crippen molar-refractivity contribution in [1.82, 2.24) is 4.90 Å². The zero-order valence-corrected chi connectivity index (χ0v) is 14.4. The van der Waals surface area contributed by atoms with E-state index >= 15 is 0 Å². The quantitative estimate of drug-likeness (QED) is 0.870. The van der Waals surface area contributed by atoms with Gasteiger partial charge in [-0.25, -0.2) is 4.39 Å². The van der Waals surface area contributed by atoms with E-state index in [9.17, 15) is 9.18 Å². The first kappa shape index (κ1) is 16.1. The molecule has 1 heterocycles. The SMILES string of the molecule is O=C(c1ccccc1F)N1CC[NH+](Cc2ccc(Br)cc2)CC1. The maximum Gasteiger partial charge on any atom is 0.257 e. The van der Waals surface area contributed by atoms with Gasteiger partial charge < -0.3 is 9.80 Å². The van der Waals surface area contributed by atoms with Crippen molar-refractivity contribution in [1.29, 1.82) is 0 Å². The highest BCUT2D eigenvalue weighted by molar-refractivity contribution is 9.10. The van der Waals surface area contributed by atoms with E-state index in [0.717, 1.165) is 24.1 Å². The number of halogens is 2. The fourth-order valence-corrected chi connectivity index (χ4v) is 3.16. The van der Waals surface area contributed by atoms with Crippen LogP contribution in [0, 0.1) is 5.82 Å². The lowest BCUT2D eigenvalue weighted by atomic mass is 10.1. The monoisotopic (exact) mass is 377 g/mol. The first-order valence-corrected chi connectivity index (χ1v) is 8.54. The van der Waals surface area contributed by atoms with Crippen molar-refractivity contribution in [3.63, 3.8) is 0 Å². The average molecular weight is 378 g/mol. The van der Waals surface area contributed by atoms with Crippen molar-refractivity contribution >= 4 is 21.8 Å². The summed E-state index contributed by atoms with van der Waals surface area (Å²) < 4.78 is 14.8. The van der Waals surface area contributed by atoms with Crippen LogP contribution in [0.3, 0.4) is 0 Å². The molecule has 0 atom stereocenters. The third-order valence-electron chi connectivity index (χ3n) is 4.23. The number of hydrogen-bond donors (Lipinski definition) is 1. The van der Waals surface area contributed by atoms with E-state index in [4.69, 9.17) is 0 Å². The minimum absolute atomic E-state index is 0.170. The normalized spacial score (nSPS) is 15.7. The van der Waals surface area contributed by atoms with Crippen molar-refractivity contribution < 1.29 is 14.1 Å². The number of nitrogens with zero attached hydrogens (tertiary/aromatic N) is 1. The summed E-state index contributed by atoms with van der Waals surface area (Å²) in [5, 5.41) is 0. The van der Waals surface area contributed by atoms with Gasteiger partial charge in [0.25, 0.3) is 5.91 Å².